The molecule has 0 saturated heterocycles. The number of aryl methyl sites for hydroxylation is 1. The highest BCUT2D eigenvalue weighted by molar-refractivity contribution is 5.10. The monoisotopic (exact) mass is 180 g/mol. The van der Waals surface area contributed by atoms with E-state index in [9.17, 15) is 0 Å². The fourth-order valence-corrected chi connectivity index (χ4v) is 1.70. The largest absolute Gasteiger partial charge is 0.329 e. The molecular weight excluding hydrogens is 160 g/mol. The summed E-state index contributed by atoms with van der Waals surface area (Å²) in [5.74, 6) is 1.77. The Hall–Kier alpha value is -0.790. The first kappa shape index (κ1) is 10.3. The van der Waals surface area contributed by atoms with Crippen molar-refractivity contribution in [2.75, 3.05) is 0 Å². The number of imidazole rings is 1. The highest BCUT2D eigenvalue weighted by Gasteiger charge is 2.13. The van der Waals surface area contributed by atoms with Gasteiger partial charge >= 0.3 is 0 Å². The number of aromatic nitrogens is 2. The van der Waals surface area contributed by atoms with E-state index >= 15 is 0 Å². The fraction of sp³-hybridized carbons (Fsp3) is 0.727. The molecule has 0 unspecified atom stereocenters. The van der Waals surface area contributed by atoms with Crippen molar-refractivity contribution in [1.29, 1.82) is 0 Å². The first-order valence-electron chi connectivity index (χ1n) is 5.13. The van der Waals surface area contributed by atoms with Crippen LogP contribution in [0.4, 0.5) is 0 Å². The predicted octanol–water partition coefficient (Wildman–Crippen LogP) is 3.15. The van der Waals surface area contributed by atoms with Crippen LogP contribution in [0.1, 0.15) is 58.1 Å². The van der Waals surface area contributed by atoms with E-state index in [1.165, 1.54) is 11.5 Å². The number of hydrogen-bond acceptors (Lipinski definition) is 1. The Morgan fingerprint density at radius 2 is 1.92 bits per heavy atom. The molecule has 0 radical (unpaired) electrons. The second-order valence-corrected chi connectivity index (χ2v) is 4.07. The van der Waals surface area contributed by atoms with Gasteiger partial charge in [0.25, 0.3) is 0 Å². The van der Waals surface area contributed by atoms with E-state index in [0.29, 0.717) is 12.0 Å². The molecule has 74 valence electrons. The molecule has 2 heteroatoms. The van der Waals surface area contributed by atoms with Gasteiger partial charge in [-0.05, 0) is 19.8 Å². The summed E-state index contributed by atoms with van der Waals surface area (Å²) in [6.07, 6.45) is 3.04. The van der Waals surface area contributed by atoms with Crippen LogP contribution >= 0.6 is 0 Å². The molecular formula is C11H20N2. The van der Waals surface area contributed by atoms with E-state index in [1.807, 2.05) is 6.20 Å². The van der Waals surface area contributed by atoms with E-state index in [1.54, 1.807) is 0 Å². The molecule has 0 fully saturated rings. The summed E-state index contributed by atoms with van der Waals surface area (Å²) < 4.78 is 2.35. The van der Waals surface area contributed by atoms with E-state index < -0.39 is 0 Å². The van der Waals surface area contributed by atoms with Crippen LogP contribution in [-0.4, -0.2) is 9.55 Å². The number of rotatable bonds is 3. The van der Waals surface area contributed by atoms with Crippen LogP contribution in [0.5, 0.6) is 0 Å². The summed E-state index contributed by atoms with van der Waals surface area (Å²) in [7, 11) is 0. The van der Waals surface area contributed by atoms with Crippen LogP contribution in [0.15, 0.2) is 6.20 Å². The van der Waals surface area contributed by atoms with Gasteiger partial charge in [-0.2, -0.15) is 0 Å². The van der Waals surface area contributed by atoms with Gasteiger partial charge in [0.2, 0.25) is 0 Å². The quantitative estimate of drug-likeness (QED) is 0.698. The maximum Gasteiger partial charge on any atom is 0.108 e. The molecule has 0 atom stereocenters. The van der Waals surface area contributed by atoms with Gasteiger partial charge in [-0.3, -0.25) is 0 Å². The van der Waals surface area contributed by atoms with Crippen LogP contribution in [0.25, 0.3) is 0 Å². The molecule has 0 aliphatic heterocycles. The van der Waals surface area contributed by atoms with Crippen molar-refractivity contribution >= 4 is 0 Å². The Balaban J connectivity index is 3.14. The topological polar surface area (TPSA) is 17.8 Å². The van der Waals surface area contributed by atoms with Gasteiger partial charge < -0.3 is 4.57 Å². The molecule has 0 N–H and O–H groups in total. The molecule has 1 aromatic heterocycles. The van der Waals surface area contributed by atoms with Gasteiger partial charge in [0.1, 0.15) is 5.82 Å². The lowest BCUT2D eigenvalue weighted by Gasteiger charge is -2.16. The minimum absolute atomic E-state index is 0.523. The van der Waals surface area contributed by atoms with Gasteiger partial charge in [-0.25, -0.2) is 4.98 Å². The van der Waals surface area contributed by atoms with Gasteiger partial charge in [0, 0.05) is 24.4 Å². The lowest BCUT2D eigenvalue weighted by Crippen LogP contribution is -2.10. The van der Waals surface area contributed by atoms with Crippen molar-refractivity contribution in [3.63, 3.8) is 0 Å². The summed E-state index contributed by atoms with van der Waals surface area (Å²) in [4.78, 5) is 4.44. The van der Waals surface area contributed by atoms with Gasteiger partial charge in [-0.1, -0.05) is 20.8 Å². The SMILES string of the molecule is CCc1ncc(C(C)C)n1C(C)C. The maximum absolute atomic E-state index is 4.44. The van der Waals surface area contributed by atoms with Gasteiger partial charge in [0.05, 0.1) is 0 Å². The van der Waals surface area contributed by atoms with Crippen molar-refractivity contribution in [3.8, 4) is 0 Å². The third-order valence-corrected chi connectivity index (χ3v) is 2.33. The number of hydrogen-bond donors (Lipinski definition) is 0. The minimum Gasteiger partial charge on any atom is -0.329 e. The van der Waals surface area contributed by atoms with Crippen LogP contribution in [0.3, 0.4) is 0 Å². The predicted molar refractivity (Wildman–Crippen MR) is 56.1 cm³/mol. The maximum atomic E-state index is 4.44. The molecule has 0 amide bonds. The fourth-order valence-electron chi connectivity index (χ4n) is 1.70. The van der Waals surface area contributed by atoms with Crippen LogP contribution in [0, 0.1) is 0 Å². The van der Waals surface area contributed by atoms with Crippen LogP contribution < -0.4 is 0 Å². The smallest absolute Gasteiger partial charge is 0.108 e. The highest BCUT2D eigenvalue weighted by Crippen LogP contribution is 2.21. The summed E-state index contributed by atoms with van der Waals surface area (Å²) in [5, 5.41) is 0. The second-order valence-electron chi connectivity index (χ2n) is 4.07. The Morgan fingerprint density at radius 1 is 1.31 bits per heavy atom. The zero-order valence-electron chi connectivity index (χ0n) is 9.33. The average Bonchev–Trinajstić information content (AvgIpc) is 2.46. The second kappa shape index (κ2) is 3.95. The molecule has 0 spiro atoms. The normalized spacial score (nSPS) is 11.6. The lowest BCUT2D eigenvalue weighted by atomic mass is 10.1. The molecule has 13 heavy (non-hydrogen) atoms. The van der Waals surface area contributed by atoms with Gasteiger partial charge in [-0.15, -0.1) is 0 Å². The average molecular weight is 180 g/mol. The van der Waals surface area contributed by atoms with E-state index in [4.69, 9.17) is 0 Å². The molecule has 0 aliphatic rings. The van der Waals surface area contributed by atoms with Gasteiger partial charge in [0.15, 0.2) is 0 Å². The molecule has 0 bridgehead atoms. The standard InChI is InChI=1S/C11H20N2/c1-6-11-12-7-10(8(2)3)13(11)9(4)5/h7-9H,6H2,1-5H3. The summed E-state index contributed by atoms with van der Waals surface area (Å²) >= 11 is 0. The molecule has 0 aliphatic carbocycles. The zero-order chi connectivity index (χ0) is 10.0. The summed E-state index contributed by atoms with van der Waals surface area (Å²) in [5.41, 5.74) is 1.35. The Bertz CT molecular complexity index is 272. The number of nitrogens with zero attached hydrogens (tertiary/aromatic N) is 2. The minimum atomic E-state index is 0.523. The van der Waals surface area contributed by atoms with Crippen molar-refractivity contribution in [2.45, 2.75) is 53.0 Å². The zero-order valence-corrected chi connectivity index (χ0v) is 9.33. The molecule has 1 heterocycles. The summed E-state index contributed by atoms with van der Waals surface area (Å²) in [6.45, 7) is 11.0. The highest BCUT2D eigenvalue weighted by atomic mass is 15.1. The first-order chi connectivity index (χ1) is 6.07. The van der Waals surface area contributed by atoms with Crippen LogP contribution in [0.2, 0.25) is 0 Å². The van der Waals surface area contributed by atoms with Crippen molar-refractivity contribution in [2.24, 2.45) is 0 Å². The van der Waals surface area contributed by atoms with Crippen molar-refractivity contribution in [1.82, 2.24) is 9.55 Å². The lowest BCUT2D eigenvalue weighted by molar-refractivity contribution is 0.535. The van der Waals surface area contributed by atoms with E-state index in [2.05, 4.69) is 44.2 Å². The first-order valence-corrected chi connectivity index (χ1v) is 5.13. The Morgan fingerprint density at radius 3 is 2.31 bits per heavy atom. The molecule has 0 saturated carbocycles. The molecule has 1 rings (SSSR count). The molecule has 2 nitrogen and oxygen atoms in total. The third kappa shape index (κ3) is 1.93. The molecule has 1 aromatic rings. The summed E-state index contributed by atoms with van der Waals surface area (Å²) in [6, 6.07) is 0.523. The van der Waals surface area contributed by atoms with Crippen molar-refractivity contribution in [3.05, 3.63) is 17.7 Å². The van der Waals surface area contributed by atoms with E-state index in [0.717, 1.165) is 6.42 Å². The van der Waals surface area contributed by atoms with Crippen molar-refractivity contribution < 1.29 is 0 Å². The van der Waals surface area contributed by atoms with E-state index in [-0.39, 0.29) is 0 Å². The van der Waals surface area contributed by atoms with Crippen LogP contribution in [-0.2, 0) is 6.42 Å². The molecule has 0 aromatic carbocycles. The Kier molecular flexibility index (Phi) is 3.12. The Labute approximate surface area is 81.0 Å². The third-order valence-electron chi connectivity index (χ3n) is 2.33.